The van der Waals surface area contributed by atoms with E-state index in [2.05, 4.69) is 15.6 Å². The zero-order chi connectivity index (χ0) is 21.3. The van der Waals surface area contributed by atoms with Gasteiger partial charge in [0.1, 0.15) is 11.6 Å². The van der Waals surface area contributed by atoms with Crippen LogP contribution in [0.2, 0.25) is 0 Å². The second-order valence-electron chi connectivity index (χ2n) is 6.71. The standard InChI is InChI=1S/C23H24N4O3/c1-30-19-11-6-16(7-12-19)8-13-21(28)26-15-17-4-9-18(10-5-17)23(29)27-20-3-2-14-25-22(20)24/h2-7,9-12,14H,8,13,15H2,1H3,(H2,24,25)(H,26,28)(H,27,29). The average Bonchev–Trinajstić information content (AvgIpc) is 2.78. The first-order valence-corrected chi connectivity index (χ1v) is 9.55. The van der Waals surface area contributed by atoms with Crippen molar-refractivity contribution in [3.05, 3.63) is 83.6 Å². The van der Waals surface area contributed by atoms with Gasteiger partial charge < -0.3 is 21.1 Å². The van der Waals surface area contributed by atoms with E-state index in [0.29, 0.717) is 30.6 Å². The molecule has 7 nitrogen and oxygen atoms in total. The van der Waals surface area contributed by atoms with Crippen LogP contribution in [-0.2, 0) is 17.8 Å². The van der Waals surface area contributed by atoms with E-state index in [4.69, 9.17) is 10.5 Å². The number of rotatable bonds is 8. The summed E-state index contributed by atoms with van der Waals surface area (Å²) in [5.74, 6) is 0.758. The summed E-state index contributed by atoms with van der Waals surface area (Å²) in [5.41, 5.74) is 8.69. The molecule has 2 amide bonds. The minimum Gasteiger partial charge on any atom is -0.497 e. The number of methoxy groups -OCH3 is 1. The van der Waals surface area contributed by atoms with Crippen molar-refractivity contribution in [3.8, 4) is 5.75 Å². The lowest BCUT2D eigenvalue weighted by molar-refractivity contribution is -0.121. The van der Waals surface area contributed by atoms with Gasteiger partial charge >= 0.3 is 0 Å². The maximum Gasteiger partial charge on any atom is 0.255 e. The summed E-state index contributed by atoms with van der Waals surface area (Å²) in [6, 6.07) is 18.1. The van der Waals surface area contributed by atoms with Gasteiger partial charge in [-0.3, -0.25) is 9.59 Å². The molecule has 0 fully saturated rings. The van der Waals surface area contributed by atoms with Crippen LogP contribution in [0.25, 0.3) is 0 Å². The summed E-state index contributed by atoms with van der Waals surface area (Å²) in [7, 11) is 1.62. The third-order valence-corrected chi connectivity index (χ3v) is 4.59. The number of nitrogens with one attached hydrogen (secondary N) is 2. The summed E-state index contributed by atoms with van der Waals surface area (Å²) in [4.78, 5) is 28.4. The van der Waals surface area contributed by atoms with E-state index in [0.717, 1.165) is 16.9 Å². The zero-order valence-corrected chi connectivity index (χ0v) is 16.7. The van der Waals surface area contributed by atoms with Crippen LogP contribution in [0.5, 0.6) is 5.75 Å². The number of benzene rings is 2. The Morgan fingerprint density at radius 2 is 1.70 bits per heavy atom. The molecule has 1 heterocycles. The third kappa shape index (κ3) is 5.81. The molecule has 7 heteroatoms. The number of aryl methyl sites for hydroxylation is 1. The van der Waals surface area contributed by atoms with Crippen molar-refractivity contribution in [2.75, 3.05) is 18.2 Å². The highest BCUT2D eigenvalue weighted by Crippen LogP contribution is 2.16. The van der Waals surface area contributed by atoms with Gasteiger partial charge in [-0.25, -0.2) is 4.98 Å². The predicted octanol–water partition coefficient (Wildman–Crippen LogP) is 3.17. The average molecular weight is 404 g/mol. The van der Waals surface area contributed by atoms with Gasteiger partial charge in [0, 0.05) is 24.7 Å². The Morgan fingerprint density at radius 1 is 1.00 bits per heavy atom. The molecule has 4 N–H and O–H groups in total. The van der Waals surface area contributed by atoms with Crippen LogP contribution in [0.1, 0.15) is 27.9 Å². The number of pyridine rings is 1. The largest absolute Gasteiger partial charge is 0.497 e. The van der Waals surface area contributed by atoms with Crippen LogP contribution in [0.3, 0.4) is 0 Å². The van der Waals surface area contributed by atoms with Crippen molar-refractivity contribution in [1.82, 2.24) is 10.3 Å². The molecule has 0 saturated carbocycles. The highest BCUT2D eigenvalue weighted by atomic mass is 16.5. The van der Waals surface area contributed by atoms with Gasteiger partial charge in [-0.2, -0.15) is 0 Å². The molecule has 0 aliphatic carbocycles. The molecule has 1 aromatic heterocycles. The van der Waals surface area contributed by atoms with Crippen molar-refractivity contribution in [1.29, 1.82) is 0 Å². The minimum absolute atomic E-state index is 0.0281. The number of anilines is 2. The Labute approximate surface area is 175 Å². The number of amides is 2. The van der Waals surface area contributed by atoms with Crippen molar-refractivity contribution in [2.45, 2.75) is 19.4 Å². The molecule has 3 rings (SSSR count). The summed E-state index contributed by atoms with van der Waals surface area (Å²) in [6.07, 6.45) is 2.62. The van der Waals surface area contributed by atoms with Crippen molar-refractivity contribution < 1.29 is 14.3 Å². The van der Waals surface area contributed by atoms with Crippen LogP contribution in [0, 0.1) is 0 Å². The molecule has 0 aliphatic rings. The second-order valence-corrected chi connectivity index (χ2v) is 6.71. The maximum atomic E-state index is 12.3. The van der Waals surface area contributed by atoms with E-state index < -0.39 is 0 Å². The Bertz CT molecular complexity index is 1000. The first kappa shape index (κ1) is 20.9. The van der Waals surface area contributed by atoms with Gasteiger partial charge in [0.05, 0.1) is 12.8 Å². The van der Waals surface area contributed by atoms with Crippen molar-refractivity contribution in [3.63, 3.8) is 0 Å². The highest BCUT2D eigenvalue weighted by Gasteiger charge is 2.09. The summed E-state index contributed by atoms with van der Waals surface area (Å²) >= 11 is 0. The smallest absolute Gasteiger partial charge is 0.255 e. The fraction of sp³-hybridized carbons (Fsp3) is 0.174. The zero-order valence-electron chi connectivity index (χ0n) is 16.7. The number of nitrogens with two attached hydrogens (primary N) is 1. The molecule has 0 unspecified atom stereocenters. The maximum absolute atomic E-state index is 12.3. The normalized spacial score (nSPS) is 10.3. The number of carbonyl (C=O) groups is 2. The van der Waals surface area contributed by atoms with Crippen LogP contribution in [-0.4, -0.2) is 23.9 Å². The summed E-state index contributed by atoms with van der Waals surface area (Å²) < 4.78 is 5.13. The molecule has 0 aliphatic heterocycles. The van der Waals surface area contributed by atoms with Crippen molar-refractivity contribution in [2.24, 2.45) is 0 Å². The Morgan fingerprint density at radius 3 is 2.37 bits per heavy atom. The summed E-state index contributed by atoms with van der Waals surface area (Å²) in [6.45, 7) is 0.402. The number of hydrogen-bond acceptors (Lipinski definition) is 5. The fourth-order valence-electron chi connectivity index (χ4n) is 2.83. The first-order valence-electron chi connectivity index (χ1n) is 9.55. The van der Waals surface area contributed by atoms with E-state index in [-0.39, 0.29) is 17.6 Å². The Hall–Kier alpha value is -3.87. The predicted molar refractivity (Wildman–Crippen MR) is 116 cm³/mol. The quantitative estimate of drug-likeness (QED) is 0.535. The van der Waals surface area contributed by atoms with Gasteiger partial charge in [0.25, 0.3) is 5.91 Å². The van der Waals surface area contributed by atoms with E-state index in [1.807, 2.05) is 36.4 Å². The molecule has 0 radical (unpaired) electrons. The number of ether oxygens (including phenoxy) is 1. The molecular weight excluding hydrogens is 380 g/mol. The molecular formula is C23H24N4O3. The van der Waals surface area contributed by atoms with Crippen LogP contribution in [0.15, 0.2) is 66.9 Å². The van der Waals surface area contributed by atoms with Gasteiger partial charge in [-0.05, 0) is 53.9 Å². The molecule has 3 aromatic rings. The SMILES string of the molecule is COc1ccc(CCC(=O)NCc2ccc(C(=O)Nc3cccnc3N)cc2)cc1. The highest BCUT2D eigenvalue weighted by molar-refractivity contribution is 6.05. The van der Waals surface area contributed by atoms with E-state index in [1.54, 1.807) is 37.6 Å². The molecule has 0 saturated heterocycles. The topological polar surface area (TPSA) is 106 Å². The third-order valence-electron chi connectivity index (χ3n) is 4.59. The lowest BCUT2D eigenvalue weighted by Gasteiger charge is -2.09. The number of nitrogen functional groups attached to an aromatic ring is 1. The van der Waals surface area contributed by atoms with Gasteiger partial charge in [-0.15, -0.1) is 0 Å². The minimum atomic E-state index is -0.273. The Balaban J connectivity index is 1.46. The second kappa shape index (κ2) is 10.1. The van der Waals surface area contributed by atoms with Crippen LogP contribution < -0.4 is 21.1 Å². The number of aromatic nitrogens is 1. The Kier molecular flexibility index (Phi) is 7.00. The van der Waals surface area contributed by atoms with Crippen LogP contribution >= 0.6 is 0 Å². The lowest BCUT2D eigenvalue weighted by atomic mass is 10.1. The van der Waals surface area contributed by atoms with E-state index in [1.165, 1.54) is 0 Å². The van der Waals surface area contributed by atoms with E-state index in [9.17, 15) is 9.59 Å². The molecule has 154 valence electrons. The number of nitrogens with zero attached hydrogens (tertiary/aromatic N) is 1. The number of hydrogen-bond donors (Lipinski definition) is 3. The molecule has 0 bridgehead atoms. The number of carbonyl (C=O) groups excluding carboxylic acids is 2. The molecule has 30 heavy (non-hydrogen) atoms. The van der Waals surface area contributed by atoms with Gasteiger partial charge in [0.2, 0.25) is 5.91 Å². The van der Waals surface area contributed by atoms with Gasteiger partial charge in [0.15, 0.2) is 0 Å². The lowest BCUT2D eigenvalue weighted by Crippen LogP contribution is -2.23. The molecule has 0 atom stereocenters. The van der Waals surface area contributed by atoms with Gasteiger partial charge in [-0.1, -0.05) is 24.3 Å². The molecule has 0 spiro atoms. The first-order chi connectivity index (χ1) is 14.5. The van der Waals surface area contributed by atoms with E-state index >= 15 is 0 Å². The van der Waals surface area contributed by atoms with Crippen molar-refractivity contribution >= 4 is 23.3 Å². The summed E-state index contributed by atoms with van der Waals surface area (Å²) in [5, 5.41) is 5.63. The fourth-order valence-corrected chi connectivity index (χ4v) is 2.83. The monoisotopic (exact) mass is 404 g/mol. The van der Waals surface area contributed by atoms with Crippen LogP contribution in [0.4, 0.5) is 11.5 Å². The molecule has 2 aromatic carbocycles.